The number of benzene rings is 1. The Morgan fingerprint density at radius 1 is 1.64 bits per heavy atom. The third kappa shape index (κ3) is 2.63. The molecular weight excluding hydrogens is 265 g/mol. The summed E-state index contributed by atoms with van der Waals surface area (Å²) in [6, 6.07) is 7.40. The number of nitrogens with zero attached hydrogens (tertiary/aromatic N) is 1. The summed E-state index contributed by atoms with van der Waals surface area (Å²) in [6.07, 6.45) is -0.466. The molecule has 0 aromatic heterocycles. The highest BCUT2D eigenvalue weighted by molar-refractivity contribution is 9.08. The summed E-state index contributed by atoms with van der Waals surface area (Å²) in [5.74, 6) is 0.656. The van der Waals surface area contributed by atoms with Gasteiger partial charge in [0.15, 0.2) is 6.10 Å². The van der Waals surface area contributed by atoms with Crippen molar-refractivity contribution in [1.82, 2.24) is 0 Å². The summed E-state index contributed by atoms with van der Waals surface area (Å²) in [4.78, 5) is 0. The number of alkyl halides is 1. The summed E-state index contributed by atoms with van der Waals surface area (Å²) < 4.78 is 5.39. The maximum Gasteiger partial charge on any atom is 0.181 e. The van der Waals surface area contributed by atoms with E-state index in [-0.39, 0.29) is 0 Å². The number of rotatable bonds is 3. The van der Waals surface area contributed by atoms with Crippen LogP contribution in [0.25, 0.3) is 0 Å². The van der Waals surface area contributed by atoms with Crippen LogP contribution in [0.5, 0.6) is 5.75 Å². The summed E-state index contributed by atoms with van der Waals surface area (Å²) in [5.41, 5.74) is 0.872. The Hall–Kier alpha value is -0.720. The van der Waals surface area contributed by atoms with Gasteiger partial charge in [0.1, 0.15) is 11.8 Å². The maximum absolute atomic E-state index is 8.61. The van der Waals surface area contributed by atoms with Crippen LogP contribution in [0.3, 0.4) is 0 Å². The molecule has 2 nitrogen and oxygen atoms in total. The van der Waals surface area contributed by atoms with Crippen LogP contribution < -0.4 is 4.74 Å². The Balaban J connectivity index is 2.97. The quantitative estimate of drug-likeness (QED) is 0.790. The second kappa shape index (κ2) is 5.23. The molecule has 0 aliphatic heterocycles. The number of hydrogen-bond acceptors (Lipinski definition) is 2. The van der Waals surface area contributed by atoms with Gasteiger partial charge in [0.2, 0.25) is 0 Å². The van der Waals surface area contributed by atoms with Crippen molar-refractivity contribution in [3.8, 4) is 11.8 Å². The first-order chi connectivity index (χ1) is 6.69. The molecule has 1 aromatic rings. The molecule has 0 radical (unpaired) electrons. The normalized spacial score (nSPS) is 11.9. The van der Waals surface area contributed by atoms with E-state index in [0.29, 0.717) is 16.1 Å². The zero-order chi connectivity index (χ0) is 10.6. The van der Waals surface area contributed by atoms with E-state index in [2.05, 4.69) is 15.9 Å². The van der Waals surface area contributed by atoms with E-state index in [1.807, 2.05) is 6.07 Å². The van der Waals surface area contributed by atoms with Crippen molar-refractivity contribution >= 4 is 27.5 Å². The number of ether oxygens (including phenoxy) is 1. The van der Waals surface area contributed by atoms with Crippen molar-refractivity contribution in [1.29, 1.82) is 5.26 Å². The highest BCUT2D eigenvalue weighted by Gasteiger charge is 2.09. The zero-order valence-corrected chi connectivity index (χ0v) is 9.97. The monoisotopic (exact) mass is 273 g/mol. The zero-order valence-electron chi connectivity index (χ0n) is 7.63. The van der Waals surface area contributed by atoms with E-state index >= 15 is 0 Å². The Bertz CT molecular complexity index is 362. The van der Waals surface area contributed by atoms with Crippen molar-refractivity contribution in [3.63, 3.8) is 0 Å². The average Bonchev–Trinajstić information content (AvgIpc) is 2.18. The fourth-order valence-corrected chi connectivity index (χ4v) is 1.97. The number of hydrogen-bond donors (Lipinski definition) is 0. The van der Waals surface area contributed by atoms with Gasteiger partial charge in [-0.25, -0.2) is 0 Å². The fraction of sp³-hybridized carbons (Fsp3) is 0.300. The Labute approximate surface area is 96.6 Å². The van der Waals surface area contributed by atoms with Crippen LogP contribution in [0.4, 0.5) is 0 Å². The number of nitriles is 1. The first-order valence-corrected chi connectivity index (χ1v) is 5.58. The summed E-state index contributed by atoms with van der Waals surface area (Å²) in [7, 11) is 0. The van der Waals surface area contributed by atoms with Crippen molar-refractivity contribution in [2.75, 3.05) is 0 Å². The standard InChI is InChI=1S/C10H9BrClNO/c1-7(6-13)14-10-4-2-3-9(12)8(10)5-11/h2-4,7H,5H2,1H3. The molecule has 0 aliphatic rings. The first-order valence-electron chi connectivity index (χ1n) is 4.08. The molecule has 4 heteroatoms. The predicted octanol–water partition coefficient (Wildman–Crippen LogP) is 3.53. The smallest absolute Gasteiger partial charge is 0.181 e. The molecule has 0 bridgehead atoms. The van der Waals surface area contributed by atoms with Crippen LogP contribution >= 0.6 is 27.5 Å². The second-order valence-electron chi connectivity index (χ2n) is 2.74. The minimum absolute atomic E-state index is 0.466. The molecule has 0 heterocycles. The van der Waals surface area contributed by atoms with E-state index in [0.717, 1.165) is 5.56 Å². The van der Waals surface area contributed by atoms with Gasteiger partial charge in [-0.15, -0.1) is 0 Å². The van der Waals surface area contributed by atoms with Gasteiger partial charge in [0.05, 0.1) is 0 Å². The molecule has 0 fully saturated rings. The van der Waals surface area contributed by atoms with Gasteiger partial charge in [-0.05, 0) is 19.1 Å². The molecule has 0 saturated heterocycles. The van der Waals surface area contributed by atoms with Gasteiger partial charge < -0.3 is 4.74 Å². The SMILES string of the molecule is CC(C#N)Oc1cccc(Cl)c1CBr. The lowest BCUT2D eigenvalue weighted by atomic mass is 10.2. The molecule has 1 rings (SSSR count). The molecule has 0 N–H and O–H groups in total. The van der Waals surface area contributed by atoms with Crippen molar-refractivity contribution in [3.05, 3.63) is 28.8 Å². The molecule has 14 heavy (non-hydrogen) atoms. The van der Waals surface area contributed by atoms with Gasteiger partial charge in [0.25, 0.3) is 0 Å². The molecule has 0 aliphatic carbocycles. The summed E-state index contributed by atoms with van der Waals surface area (Å²) >= 11 is 9.29. The molecule has 0 amide bonds. The Morgan fingerprint density at radius 2 is 2.36 bits per heavy atom. The lowest BCUT2D eigenvalue weighted by molar-refractivity contribution is 0.274. The van der Waals surface area contributed by atoms with Crippen molar-refractivity contribution in [2.45, 2.75) is 18.4 Å². The van der Waals surface area contributed by atoms with Gasteiger partial charge >= 0.3 is 0 Å². The second-order valence-corrected chi connectivity index (χ2v) is 3.71. The van der Waals surface area contributed by atoms with E-state index in [1.165, 1.54) is 0 Å². The van der Waals surface area contributed by atoms with Crippen molar-refractivity contribution < 1.29 is 4.74 Å². The lowest BCUT2D eigenvalue weighted by Gasteiger charge is -2.12. The highest BCUT2D eigenvalue weighted by atomic mass is 79.9. The molecule has 1 aromatic carbocycles. The van der Waals surface area contributed by atoms with E-state index in [9.17, 15) is 0 Å². The van der Waals surface area contributed by atoms with Gasteiger partial charge in [-0.2, -0.15) is 5.26 Å². The van der Waals surface area contributed by atoms with E-state index in [4.69, 9.17) is 21.6 Å². The molecule has 1 atom stereocenters. The van der Waals surface area contributed by atoms with Crippen LogP contribution in [0.2, 0.25) is 5.02 Å². The molecule has 0 spiro atoms. The van der Waals surface area contributed by atoms with E-state index < -0.39 is 6.10 Å². The lowest BCUT2D eigenvalue weighted by Crippen LogP contribution is -2.09. The van der Waals surface area contributed by atoms with Gasteiger partial charge in [-0.1, -0.05) is 33.6 Å². The van der Waals surface area contributed by atoms with E-state index in [1.54, 1.807) is 25.1 Å². The first kappa shape index (κ1) is 11.4. The Kier molecular flexibility index (Phi) is 4.24. The van der Waals surface area contributed by atoms with Gasteiger partial charge in [0, 0.05) is 15.9 Å². The minimum Gasteiger partial charge on any atom is -0.476 e. The van der Waals surface area contributed by atoms with Gasteiger partial charge in [-0.3, -0.25) is 0 Å². The van der Waals surface area contributed by atoms with Crippen LogP contribution in [0, 0.1) is 11.3 Å². The predicted molar refractivity (Wildman–Crippen MR) is 59.8 cm³/mol. The molecule has 1 unspecified atom stereocenters. The summed E-state index contributed by atoms with van der Waals surface area (Å²) in [6.45, 7) is 1.69. The largest absolute Gasteiger partial charge is 0.476 e. The summed E-state index contributed by atoms with van der Waals surface area (Å²) in [5, 5.41) is 9.86. The maximum atomic E-state index is 8.61. The third-order valence-electron chi connectivity index (χ3n) is 1.70. The molecule has 74 valence electrons. The van der Waals surface area contributed by atoms with Crippen LogP contribution in [-0.4, -0.2) is 6.10 Å². The van der Waals surface area contributed by atoms with Crippen LogP contribution in [0.15, 0.2) is 18.2 Å². The fourth-order valence-electron chi connectivity index (χ4n) is 0.996. The average molecular weight is 275 g/mol. The number of halogens is 2. The minimum atomic E-state index is -0.466. The molecular formula is C10H9BrClNO. The molecule has 0 saturated carbocycles. The topological polar surface area (TPSA) is 33.0 Å². The van der Waals surface area contributed by atoms with Crippen molar-refractivity contribution in [2.24, 2.45) is 0 Å². The Morgan fingerprint density at radius 3 is 2.93 bits per heavy atom. The highest BCUT2D eigenvalue weighted by Crippen LogP contribution is 2.29. The van der Waals surface area contributed by atoms with Crippen LogP contribution in [0.1, 0.15) is 12.5 Å². The third-order valence-corrected chi connectivity index (χ3v) is 2.61. The van der Waals surface area contributed by atoms with Crippen LogP contribution in [-0.2, 0) is 5.33 Å².